The Bertz CT molecular complexity index is 938. The first-order valence-corrected chi connectivity index (χ1v) is 11.3. The number of nitrogens with zero attached hydrogens (tertiary/aromatic N) is 3. The highest BCUT2D eigenvalue weighted by Gasteiger charge is 2.33. The van der Waals surface area contributed by atoms with Crippen molar-refractivity contribution in [3.8, 4) is 0 Å². The lowest BCUT2D eigenvalue weighted by Crippen LogP contribution is -2.36. The van der Waals surface area contributed by atoms with Crippen LogP contribution in [-0.4, -0.2) is 62.5 Å². The minimum atomic E-state index is -0.00644. The van der Waals surface area contributed by atoms with Crippen LogP contribution in [0.3, 0.4) is 0 Å². The van der Waals surface area contributed by atoms with Crippen LogP contribution >= 0.6 is 11.8 Å². The van der Waals surface area contributed by atoms with Gasteiger partial charge in [-0.25, -0.2) is 4.99 Å². The number of amidine groups is 1. The Hall–Kier alpha value is -2.61. The van der Waals surface area contributed by atoms with Gasteiger partial charge in [-0.05, 0) is 54.1 Å². The summed E-state index contributed by atoms with van der Waals surface area (Å²) in [5.41, 5.74) is 3.03. The number of hydrogen-bond donors (Lipinski definition) is 0. The molecule has 2 aliphatic heterocycles. The SMILES string of the molecule is COCCCN1C(=O)/C(=C/c2ccc(N3CCOCC3)cc2)SC1=Nc1ccccc1. The first-order chi connectivity index (χ1) is 15.2. The molecule has 2 saturated heterocycles. The molecule has 31 heavy (non-hydrogen) atoms. The van der Waals surface area contributed by atoms with Gasteiger partial charge in [0.15, 0.2) is 5.17 Å². The molecule has 2 aromatic rings. The van der Waals surface area contributed by atoms with Crippen molar-refractivity contribution in [1.82, 2.24) is 4.90 Å². The Kier molecular flexibility index (Phi) is 7.40. The normalized spacial score (nSPS) is 19.6. The molecule has 4 rings (SSSR count). The third-order valence-corrected chi connectivity index (χ3v) is 6.17. The van der Waals surface area contributed by atoms with E-state index in [0.29, 0.717) is 23.2 Å². The van der Waals surface area contributed by atoms with E-state index in [1.165, 1.54) is 17.4 Å². The van der Waals surface area contributed by atoms with Crippen LogP contribution in [-0.2, 0) is 14.3 Å². The average Bonchev–Trinajstić information content (AvgIpc) is 3.10. The molecule has 162 valence electrons. The van der Waals surface area contributed by atoms with Crippen LogP contribution in [0.15, 0.2) is 64.5 Å². The maximum atomic E-state index is 13.1. The van der Waals surface area contributed by atoms with Crippen LogP contribution in [0.4, 0.5) is 11.4 Å². The number of thioether (sulfide) groups is 1. The van der Waals surface area contributed by atoms with Gasteiger partial charge in [0.2, 0.25) is 0 Å². The van der Waals surface area contributed by atoms with Crippen LogP contribution in [0.1, 0.15) is 12.0 Å². The van der Waals surface area contributed by atoms with Crippen LogP contribution in [0, 0.1) is 0 Å². The summed E-state index contributed by atoms with van der Waals surface area (Å²) in [4.78, 5) is 22.6. The van der Waals surface area contributed by atoms with Crippen molar-refractivity contribution in [3.63, 3.8) is 0 Å². The molecule has 0 bridgehead atoms. The van der Waals surface area contributed by atoms with E-state index in [1.807, 2.05) is 36.4 Å². The smallest absolute Gasteiger partial charge is 0.266 e. The topological polar surface area (TPSA) is 54.4 Å². The van der Waals surface area contributed by atoms with Crippen LogP contribution < -0.4 is 4.90 Å². The van der Waals surface area contributed by atoms with Crippen molar-refractivity contribution < 1.29 is 14.3 Å². The summed E-state index contributed by atoms with van der Waals surface area (Å²) >= 11 is 1.43. The van der Waals surface area contributed by atoms with Gasteiger partial charge in [-0.2, -0.15) is 0 Å². The summed E-state index contributed by atoms with van der Waals surface area (Å²) in [7, 11) is 1.67. The van der Waals surface area contributed by atoms with Gasteiger partial charge in [-0.1, -0.05) is 30.3 Å². The lowest BCUT2D eigenvalue weighted by atomic mass is 10.1. The molecule has 0 radical (unpaired) electrons. The summed E-state index contributed by atoms with van der Waals surface area (Å²) in [5, 5.41) is 0.712. The molecule has 2 heterocycles. The predicted molar refractivity (Wildman–Crippen MR) is 127 cm³/mol. The molecule has 1 amide bonds. The fraction of sp³-hybridized carbons (Fsp3) is 0.333. The molecule has 2 aliphatic rings. The number of carbonyl (C=O) groups is 1. The number of ether oxygens (including phenoxy) is 2. The number of benzene rings is 2. The number of anilines is 1. The number of para-hydroxylation sites is 1. The zero-order chi connectivity index (χ0) is 21.5. The highest BCUT2D eigenvalue weighted by atomic mass is 32.2. The molecule has 0 N–H and O–H groups in total. The Morgan fingerprint density at radius 2 is 1.84 bits per heavy atom. The number of aliphatic imine (C=N–C) groups is 1. The van der Waals surface area contributed by atoms with E-state index in [0.717, 1.165) is 44.0 Å². The summed E-state index contributed by atoms with van der Waals surface area (Å²) in [5.74, 6) is -0.00644. The van der Waals surface area contributed by atoms with Gasteiger partial charge in [0.1, 0.15) is 0 Å². The zero-order valence-corrected chi connectivity index (χ0v) is 18.5. The quantitative estimate of drug-likeness (QED) is 0.481. The van der Waals surface area contributed by atoms with E-state index in [4.69, 9.17) is 14.5 Å². The predicted octanol–water partition coefficient (Wildman–Crippen LogP) is 4.16. The summed E-state index contributed by atoms with van der Waals surface area (Å²) in [6, 6.07) is 18.1. The van der Waals surface area contributed by atoms with Gasteiger partial charge in [-0.15, -0.1) is 0 Å². The van der Waals surface area contributed by atoms with E-state index in [1.54, 1.807) is 12.0 Å². The standard InChI is InChI=1S/C24H27N3O3S/c1-29-15-5-12-27-23(28)22(31-24(27)25-20-6-3-2-4-7-20)18-19-8-10-21(11-9-19)26-13-16-30-17-14-26/h2-4,6-11,18H,5,12-17H2,1H3/b22-18-,25-24?. The van der Waals surface area contributed by atoms with Gasteiger partial charge >= 0.3 is 0 Å². The molecular weight excluding hydrogens is 410 g/mol. The van der Waals surface area contributed by atoms with E-state index in [9.17, 15) is 4.79 Å². The number of methoxy groups -OCH3 is 1. The van der Waals surface area contributed by atoms with Crippen molar-refractivity contribution in [2.75, 3.05) is 51.5 Å². The molecule has 0 atom stereocenters. The van der Waals surface area contributed by atoms with E-state index in [2.05, 4.69) is 29.2 Å². The largest absolute Gasteiger partial charge is 0.385 e. The molecule has 2 aromatic carbocycles. The van der Waals surface area contributed by atoms with Crippen molar-refractivity contribution in [2.45, 2.75) is 6.42 Å². The third-order valence-electron chi connectivity index (χ3n) is 5.17. The molecule has 2 fully saturated rings. The summed E-state index contributed by atoms with van der Waals surface area (Å²) < 4.78 is 10.6. The number of hydrogen-bond acceptors (Lipinski definition) is 6. The Labute approximate surface area is 187 Å². The number of amides is 1. The second kappa shape index (κ2) is 10.6. The second-order valence-electron chi connectivity index (χ2n) is 7.33. The molecule has 0 aliphatic carbocycles. The van der Waals surface area contributed by atoms with Crippen molar-refractivity contribution in [2.24, 2.45) is 4.99 Å². The minimum absolute atomic E-state index is 0.00644. The van der Waals surface area contributed by atoms with Crippen LogP contribution in [0.25, 0.3) is 6.08 Å². The molecule has 6 nitrogen and oxygen atoms in total. The van der Waals surface area contributed by atoms with Gasteiger partial charge < -0.3 is 14.4 Å². The highest BCUT2D eigenvalue weighted by molar-refractivity contribution is 8.18. The highest BCUT2D eigenvalue weighted by Crippen LogP contribution is 2.34. The van der Waals surface area contributed by atoms with Gasteiger partial charge in [-0.3, -0.25) is 9.69 Å². The summed E-state index contributed by atoms with van der Waals surface area (Å²) in [6.45, 7) is 4.53. The first-order valence-electron chi connectivity index (χ1n) is 10.5. The van der Waals surface area contributed by atoms with Gasteiger partial charge in [0.05, 0.1) is 23.8 Å². The fourth-order valence-electron chi connectivity index (χ4n) is 3.52. The first kappa shape index (κ1) is 21.6. The molecule has 0 saturated carbocycles. The molecular formula is C24H27N3O3S. The molecule has 7 heteroatoms. The number of rotatable bonds is 7. The monoisotopic (exact) mass is 437 g/mol. The molecule has 0 aromatic heterocycles. The Balaban J connectivity index is 1.53. The minimum Gasteiger partial charge on any atom is -0.385 e. The summed E-state index contributed by atoms with van der Waals surface area (Å²) in [6.07, 6.45) is 2.71. The molecule has 0 unspecified atom stereocenters. The van der Waals surface area contributed by atoms with Crippen molar-refractivity contribution in [1.29, 1.82) is 0 Å². The van der Waals surface area contributed by atoms with E-state index >= 15 is 0 Å². The van der Waals surface area contributed by atoms with Crippen LogP contribution in [0.2, 0.25) is 0 Å². The van der Waals surface area contributed by atoms with Crippen molar-refractivity contribution in [3.05, 3.63) is 65.1 Å². The molecule has 0 spiro atoms. The average molecular weight is 438 g/mol. The van der Waals surface area contributed by atoms with Gasteiger partial charge in [0.25, 0.3) is 5.91 Å². The Morgan fingerprint density at radius 1 is 1.10 bits per heavy atom. The van der Waals surface area contributed by atoms with Gasteiger partial charge in [0, 0.05) is 39.0 Å². The van der Waals surface area contributed by atoms with Crippen LogP contribution in [0.5, 0.6) is 0 Å². The second-order valence-corrected chi connectivity index (χ2v) is 8.34. The maximum absolute atomic E-state index is 13.1. The van der Waals surface area contributed by atoms with E-state index < -0.39 is 0 Å². The number of morpholine rings is 1. The lowest BCUT2D eigenvalue weighted by Gasteiger charge is -2.28. The van der Waals surface area contributed by atoms with E-state index in [-0.39, 0.29) is 5.91 Å². The van der Waals surface area contributed by atoms with Crippen molar-refractivity contribution >= 4 is 40.3 Å². The fourth-order valence-corrected chi connectivity index (χ4v) is 4.55. The zero-order valence-electron chi connectivity index (χ0n) is 17.7. The Morgan fingerprint density at radius 3 is 2.55 bits per heavy atom. The maximum Gasteiger partial charge on any atom is 0.266 e. The number of carbonyl (C=O) groups excluding carboxylic acids is 1. The third kappa shape index (κ3) is 5.55. The lowest BCUT2D eigenvalue weighted by molar-refractivity contribution is -0.122.